The molecule has 0 spiro atoms. The topological polar surface area (TPSA) is 75.1 Å². The molecule has 0 atom stereocenters. The van der Waals surface area contributed by atoms with E-state index in [-0.39, 0.29) is 5.56 Å². The first-order valence-electron chi connectivity index (χ1n) is 10.3. The molecule has 1 aliphatic carbocycles. The number of hydrogen-bond donors (Lipinski definition) is 2. The third kappa shape index (κ3) is 4.03. The van der Waals surface area contributed by atoms with Crippen LogP contribution < -0.4 is 5.32 Å². The molecule has 0 amide bonds. The van der Waals surface area contributed by atoms with Gasteiger partial charge in [0.15, 0.2) is 5.82 Å². The first kappa shape index (κ1) is 19.0. The molecule has 152 valence electrons. The minimum atomic E-state index is -0.945. The van der Waals surface area contributed by atoms with Gasteiger partial charge in [-0.15, -0.1) is 0 Å². The molecule has 1 aliphatic rings. The Morgan fingerprint density at radius 3 is 2.23 bits per heavy atom. The molecular weight excluding hydrogens is 386 g/mol. The van der Waals surface area contributed by atoms with Crippen LogP contribution in [0.25, 0.3) is 22.5 Å². The van der Waals surface area contributed by atoms with Crippen LogP contribution in [0.15, 0.2) is 85.2 Å². The monoisotopic (exact) mass is 407 g/mol. The van der Waals surface area contributed by atoms with E-state index in [0.717, 1.165) is 35.1 Å². The van der Waals surface area contributed by atoms with E-state index in [1.165, 1.54) is 0 Å². The Balaban J connectivity index is 1.43. The fourth-order valence-corrected chi connectivity index (χ4v) is 3.75. The van der Waals surface area contributed by atoms with Crippen LogP contribution >= 0.6 is 0 Å². The largest absolute Gasteiger partial charge is 0.478 e. The van der Waals surface area contributed by atoms with Gasteiger partial charge >= 0.3 is 5.97 Å². The number of carbonyl (C=O) groups is 1. The van der Waals surface area contributed by atoms with E-state index in [1.54, 1.807) is 18.5 Å². The smallest absolute Gasteiger partial charge is 0.337 e. The molecule has 0 radical (unpaired) electrons. The lowest BCUT2D eigenvalue weighted by Crippen LogP contribution is -2.04. The zero-order valence-corrected chi connectivity index (χ0v) is 16.8. The van der Waals surface area contributed by atoms with E-state index in [0.29, 0.717) is 23.1 Å². The van der Waals surface area contributed by atoms with Crippen molar-refractivity contribution in [3.63, 3.8) is 0 Å². The summed E-state index contributed by atoms with van der Waals surface area (Å²) >= 11 is 0. The Labute approximate surface area is 180 Å². The minimum Gasteiger partial charge on any atom is -0.478 e. The van der Waals surface area contributed by atoms with Crippen LogP contribution in [0.5, 0.6) is 0 Å². The Kier molecular flexibility index (Phi) is 4.92. The van der Waals surface area contributed by atoms with Crippen LogP contribution in [0.1, 0.15) is 34.7 Å². The summed E-state index contributed by atoms with van der Waals surface area (Å²) in [5.74, 6) is 0.173. The zero-order valence-electron chi connectivity index (χ0n) is 16.8. The molecule has 1 heterocycles. The maximum absolute atomic E-state index is 11.7. The highest BCUT2D eigenvalue weighted by atomic mass is 16.4. The highest BCUT2D eigenvalue weighted by Gasteiger charge is 2.25. The van der Waals surface area contributed by atoms with E-state index in [4.69, 9.17) is 0 Å². The average molecular weight is 407 g/mol. The molecule has 5 nitrogen and oxygen atoms in total. The molecule has 2 N–H and O–H groups in total. The highest BCUT2D eigenvalue weighted by Crippen LogP contribution is 2.41. The second-order valence-electron chi connectivity index (χ2n) is 7.72. The van der Waals surface area contributed by atoms with Crippen LogP contribution in [0.3, 0.4) is 0 Å². The van der Waals surface area contributed by atoms with E-state index < -0.39 is 5.97 Å². The average Bonchev–Trinajstić information content (AvgIpc) is 3.66. The van der Waals surface area contributed by atoms with Crippen LogP contribution in [0, 0.1) is 0 Å². The predicted octanol–water partition coefficient (Wildman–Crippen LogP) is 6.13. The van der Waals surface area contributed by atoms with Crippen LogP contribution in [-0.4, -0.2) is 21.0 Å². The lowest BCUT2D eigenvalue weighted by Gasteiger charge is -2.12. The summed E-state index contributed by atoms with van der Waals surface area (Å²) in [6, 6.07) is 23.8. The molecule has 4 aromatic rings. The molecular formula is C26H21N3O2. The number of hydrogen-bond acceptors (Lipinski definition) is 4. The molecule has 5 rings (SSSR count). The van der Waals surface area contributed by atoms with Crippen molar-refractivity contribution in [2.45, 2.75) is 18.8 Å². The first-order chi connectivity index (χ1) is 15.2. The summed E-state index contributed by atoms with van der Waals surface area (Å²) < 4.78 is 0. The standard InChI is InChI=1S/C26H21N3O2/c30-26(31)23-14-19(17-10-11-17)12-13-24(23)29-20-15-27-25(28-16-20)22-9-5-4-8-21(22)18-6-2-1-3-7-18/h1-9,12-17,29H,10-11H2,(H,30,31). The van der Waals surface area contributed by atoms with Gasteiger partial charge in [-0.1, -0.05) is 60.7 Å². The van der Waals surface area contributed by atoms with Crippen molar-refractivity contribution in [1.82, 2.24) is 9.97 Å². The van der Waals surface area contributed by atoms with Gasteiger partial charge in [0.05, 0.1) is 29.3 Å². The second kappa shape index (κ2) is 8.03. The highest BCUT2D eigenvalue weighted by molar-refractivity contribution is 5.95. The fraction of sp³-hybridized carbons (Fsp3) is 0.115. The Morgan fingerprint density at radius 1 is 0.871 bits per heavy atom. The van der Waals surface area contributed by atoms with Crippen LogP contribution in [-0.2, 0) is 0 Å². The summed E-state index contributed by atoms with van der Waals surface area (Å²) in [5, 5.41) is 12.8. The van der Waals surface area contributed by atoms with Crippen LogP contribution in [0.4, 0.5) is 11.4 Å². The minimum absolute atomic E-state index is 0.267. The number of benzene rings is 3. The Bertz CT molecular complexity index is 1230. The molecule has 31 heavy (non-hydrogen) atoms. The number of nitrogens with zero attached hydrogens (tertiary/aromatic N) is 2. The Hall–Kier alpha value is -3.99. The van der Waals surface area contributed by atoms with Gasteiger partial charge in [-0.2, -0.15) is 0 Å². The van der Waals surface area contributed by atoms with Crippen molar-refractivity contribution < 1.29 is 9.90 Å². The maximum Gasteiger partial charge on any atom is 0.337 e. The quantitative estimate of drug-likeness (QED) is 0.402. The first-order valence-corrected chi connectivity index (χ1v) is 10.3. The zero-order chi connectivity index (χ0) is 21.2. The summed E-state index contributed by atoms with van der Waals surface area (Å²) in [6.45, 7) is 0. The summed E-state index contributed by atoms with van der Waals surface area (Å²) in [7, 11) is 0. The van der Waals surface area contributed by atoms with Crippen molar-refractivity contribution in [3.05, 3.63) is 96.3 Å². The third-order valence-corrected chi connectivity index (χ3v) is 5.51. The van der Waals surface area contributed by atoms with Gasteiger partial charge in [-0.05, 0) is 47.6 Å². The molecule has 1 fully saturated rings. The molecule has 1 saturated carbocycles. The number of carboxylic acid groups (broad SMARTS) is 1. The number of rotatable bonds is 6. The van der Waals surface area contributed by atoms with Gasteiger partial charge in [0.2, 0.25) is 0 Å². The number of aromatic carboxylic acids is 1. The summed E-state index contributed by atoms with van der Waals surface area (Å²) in [6.07, 6.45) is 5.63. The van der Waals surface area contributed by atoms with E-state index in [9.17, 15) is 9.90 Å². The molecule has 1 aromatic heterocycles. The Morgan fingerprint density at radius 2 is 1.55 bits per heavy atom. The molecule has 0 unspecified atom stereocenters. The van der Waals surface area contributed by atoms with Gasteiger partial charge in [0.1, 0.15) is 0 Å². The van der Waals surface area contributed by atoms with Crippen molar-refractivity contribution in [1.29, 1.82) is 0 Å². The third-order valence-electron chi connectivity index (χ3n) is 5.51. The lowest BCUT2D eigenvalue weighted by atomic mass is 9.99. The predicted molar refractivity (Wildman–Crippen MR) is 122 cm³/mol. The van der Waals surface area contributed by atoms with E-state index >= 15 is 0 Å². The summed E-state index contributed by atoms with van der Waals surface area (Å²) in [5.41, 5.74) is 5.65. The van der Waals surface area contributed by atoms with Gasteiger partial charge in [-0.25, -0.2) is 14.8 Å². The number of carboxylic acids is 1. The van der Waals surface area contributed by atoms with E-state index in [2.05, 4.69) is 33.5 Å². The maximum atomic E-state index is 11.7. The van der Waals surface area contributed by atoms with E-state index in [1.807, 2.05) is 48.5 Å². The van der Waals surface area contributed by atoms with Crippen molar-refractivity contribution in [2.75, 3.05) is 5.32 Å². The molecule has 5 heteroatoms. The normalized spacial score (nSPS) is 13.0. The van der Waals surface area contributed by atoms with Crippen molar-refractivity contribution in [2.24, 2.45) is 0 Å². The van der Waals surface area contributed by atoms with Gasteiger partial charge in [0, 0.05) is 5.56 Å². The number of anilines is 2. The van der Waals surface area contributed by atoms with Crippen molar-refractivity contribution >= 4 is 17.3 Å². The van der Waals surface area contributed by atoms with Crippen LogP contribution in [0.2, 0.25) is 0 Å². The second-order valence-corrected chi connectivity index (χ2v) is 7.72. The molecule has 3 aromatic carbocycles. The van der Waals surface area contributed by atoms with Gasteiger partial charge < -0.3 is 10.4 Å². The fourth-order valence-electron chi connectivity index (χ4n) is 3.75. The number of nitrogens with one attached hydrogen (secondary N) is 1. The SMILES string of the molecule is O=C(O)c1cc(C2CC2)ccc1Nc1cnc(-c2ccccc2-c2ccccc2)nc1. The van der Waals surface area contributed by atoms with Crippen molar-refractivity contribution in [3.8, 4) is 22.5 Å². The molecule has 0 bridgehead atoms. The molecule has 0 saturated heterocycles. The lowest BCUT2D eigenvalue weighted by molar-refractivity contribution is 0.0698. The summed E-state index contributed by atoms with van der Waals surface area (Å²) in [4.78, 5) is 20.8. The molecule has 0 aliphatic heterocycles. The van der Waals surface area contributed by atoms with Gasteiger partial charge in [-0.3, -0.25) is 0 Å². The number of aromatic nitrogens is 2. The van der Waals surface area contributed by atoms with Gasteiger partial charge in [0.25, 0.3) is 0 Å².